The lowest BCUT2D eigenvalue weighted by Gasteiger charge is -2.10. The van der Waals surface area contributed by atoms with Gasteiger partial charge in [0.15, 0.2) is 0 Å². The van der Waals surface area contributed by atoms with E-state index < -0.39 is 23.7 Å². The molecular formula is C12H10ClF4NO. The number of oxime groups is 1. The molecule has 0 bridgehead atoms. The number of benzene rings is 1. The Morgan fingerprint density at radius 3 is 2.58 bits per heavy atom. The monoisotopic (exact) mass is 295 g/mol. The summed E-state index contributed by atoms with van der Waals surface area (Å²) in [6, 6.07) is 2.30. The van der Waals surface area contributed by atoms with Crippen LogP contribution < -0.4 is 0 Å². The molecule has 0 aromatic heterocycles. The average molecular weight is 296 g/mol. The Balaban J connectivity index is 2.29. The van der Waals surface area contributed by atoms with Gasteiger partial charge < -0.3 is 4.84 Å². The van der Waals surface area contributed by atoms with Crippen LogP contribution in [0.1, 0.15) is 24.5 Å². The predicted molar refractivity (Wildman–Crippen MR) is 62.7 cm³/mol. The van der Waals surface area contributed by atoms with Gasteiger partial charge in [-0.3, -0.25) is 0 Å². The fourth-order valence-electron chi connectivity index (χ4n) is 1.73. The first-order chi connectivity index (χ1) is 8.77. The molecule has 0 saturated carbocycles. The quantitative estimate of drug-likeness (QED) is 0.598. The smallest absolute Gasteiger partial charge is 0.390 e. The summed E-state index contributed by atoms with van der Waals surface area (Å²) in [4.78, 5) is 5.00. The lowest BCUT2D eigenvalue weighted by atomic mass is 10.0. The number of nitrogens with zero attached hydrogens (tertiary/aromatic N) is 1. The second-order valence-electron chi connectivity index (χ2n) is 4.29. The van der Waals surface area contributed by atoms with Crippen molar-refractivity contribution in [1.29, 1.82) is 0 Å². The number of hydrogen-bond acceptors (Lipinski definition) is 2. The van der Waals surface area contributed by atoms with Gasteiger partial charge in [-0.2, -0.15) is 13.2 Å². The lowest BCUT2D eigenvalue weighted by molar-refractivity contribution is -0.137. The zero-order valence-electron chi connectivity index (χ0n) is 9.84. The molecule has 0 N–H and O–H groups in total. The Labute approximate surface area is 112 Å². The molecule has 7 heteroatoms. The summed E-state index contributed by atoms with van der Waals surface area (Å²) in [6.45, 7) is 1.69. The molecule has 1 heterocycles. The molecule has 2 nitrogen and oxygen atoms in total. The van der Waals surface area contributed by atoms with Crippen molar-refractivity contribution in [2.24, 2.45) is 5.16 Å². The molecule has 0 amide bonds. The Morgan fingerprint density at radius 2 is 2.05 bits per heavy atom. The molecule has 0 radical (unpaired) electrons. The van der Waals surface area contributed by atoms with Crippen LogP contribution in [0.3, 0.4) is 0 Å². The first kappa shape index (κ1) is 14.1. The third kappa shape index (κ3) is 3.18. The second-order valence-corrected chi connectivity index (χ2v) is 4.98. The van der Waals surface area contributed by atoms with Crippen molar-refractivity contribution in [3.8, 4) is 0 Å². The van der Waals surface area contributed by atoms with E-state index in [0.717, 1.165) is 12.1 Å². The summed E-state index contributed by atoms with van der Waals surface area (Å²) in [5.74, 6) is -0.963. The van der Waals surface area contributed by atoms with Crippen LogP contribution in [-0.2, 0) is 11.0 Å². The van der Waals surface area contributed by atoms with Gasteiger partial charge in [0.05, 0.1) is 16.7 Å². The maximum Gasteiger partial charge on any atom is 0.416 e. The van der Waals surface area contributed by atoms with Crippen LogP contribution in [0.2, 0.25) is 0 Å². The van der Waals surface area contributed by atoms with E-state index >= 15 is 0 Å². The zero-order chi connectivity index (χ0) is 14.2. The lowest BCUT2D eigenvalue weighted by Crippen LogP contribution is -2.18. The highest BCUT2D eigenvalue weighted by molar-refractivity contribution is 6.21. The van der Waals surface area contributed by atoms with Crippen LogP contribution in [-0.4, -0.2) is 17.2 Å². The van der Waals surface area contributed by atoms with E-state index in [0.29, 0.717) is 6.07 Å². The summed E-state index contributed by atoms with van der Waals surface area (Å²) in [5.41, 5.74) is -0.720. The van der Waals surface area contributed by atoms with E-state index in [1.54, 1.807) is 6.92 Å². The van der Waals surface area contributed by atoms with Crippen LogP contribution >= 0.6 is 11.6 Å². The van der Waals surface area contributed by atoms with E-state index in [9.17, 15) is 17.6 Å². The predicted octanol–water partition coefficient (Wildman–Crippen LogP) is 3.96. The SMILES string of the molecule is CC(Cl)C1CC(c2cc(F)cc(C(F)(F)F)c2)=NO1. The van der Waals surface area contributed by atoms with E-state index in [-0.39, 0.29) is 23.1 Å². The van der Waals surface area contributed by atoms with Gasteiger partial charge in [-0.05, 0) is 25.1 Å². The van der Waals surface area contributed by atoms with E-state index in [4.69, 9.17) is 16.4 Å². The van der Waals surface area contributed by atoms with Gasteiger partial charge in [-0.15, -0.1) is 11.6 Å². The maximum absolute atomic E-state index is 13.2. The summed E-state index contributed by atoms with van der Waals surface area (Å²) < 4.78 is 51.0. The van der Waals surface area contributed by atoms with Gasteiger partial charge in [0.2, 0.25) is 0 Å². The number of halogens is 5. The Morgan fingerprint density at radius 1 is 1.37 bits per heavy atom. The highest BCUT2D eigenvalue weighted by Gasteiger charge is 2.33. The highest BCUT2D eigenvalue weighted by Crippen LogP contribution is 2.31. The summed E-state index contributed by atoms with van der Waals surface area (Å²) in [6.07, 6.45) is -4.75. The first-order valence-corrected chi connectivity index (χ1v) is 5.96. The van der Waals surface area contributed by atoms with E-state index in [2.05, 4.69) is 5.16 Å². The fourth-order valence-corrected chi connectivity index (χ4v) is 1.87. The number of hydrogen-bond donors (Lipinski definition) is 0. The van der Waals surface area contributed by atoms with Crippen LogP contribution in [0.25, 0.3) is 0 Å². The Kier molecular flexibility index (Phi) is 3.71. The van der Waals surface area contributed by atoms with Crippen molar-refractivity contribution in [2.75, 3.05) is 0 Å². The minimum Gasteiger partial charge on any atom is -0.390 e. The number of rotatable bonds is 2. The minimum absolute atomic E-state index is 0.0622. The topological polar surface area (TPSA) is 21.6 Å². The molecule has 2 atom stereocenters. The molecule has 0 saturated heterocycles. The van der Waals surface area contributed by atoms with Crippen molar-refractivity contribution in [3.05, 3.63) is 35.1 Å². The molecule has 2 unspecified atom stereocenters. The van der Waals surface area contributed by atoms with Gasteiger partial charge >= 0.3 is 6.18 Å². The van der Waals surface area contributed by atoms with Gasteiger partial charge in [-0.25, -0.2) is 4.39 Å². The van der Waals surface area contributed by atoms with E-state index in [1.165, 1.54) is 0 Å². The second kappa shape index (κ2) is 5.00. The summed E-state index contributed by atoms with van der Waals surface area (Å²) >= 11 is 5.82. The standard InChI is InChI=1S/C12H10ClF4NO/c1-6(13)11-5-10(18-19-11)7-2-8(12(15,16)17)4-9(14)3-7/h2-4,6,11H,5H2,1H3. The van der Waals surface area contributed by atoms with Crippen LogP contribution in [0.5, 0.6) is 0 Å². The Hall–Kier alpha value is -1.30. The number of alkyl halides is 4. The van der Waals surface area contributed by atoms with Gasteiger partial charge in [-0.1, -0.05) is 5.16 Å². The molecule has 104 valence electrons. The maximum atomic E-state index is 13.2. The molecule has 1 aliphatic heterocycles. The first-order valence-electron chi connectivity index (χ1n) is 5.52. The average Bonchev–Trinajstić information content (AvgIpc) is 2.76. The largest absolute Gasteiger partial charge is 0.416 e. The third-order valence-electron chi connectivity index (χ3n) is 2.76. The van der Waals surface area contributed by atoms with Crippen LogP contribution in [0.4, 0.5) is 17.6 Å². The highest BCUT2D eigenvalue weighted by atomic mass is 35.5. The molecule has 1 aromatic carbocycles. The van der Waals surface area contributed by atoms with Crippen molar-refractivity contribution >= 4 is 17.3 Å². The normalized spacial score (nSPS) is 20.9. The van der Waals surface area contributed by atoms with Crippen molar-refractivity contribution in [2.45, 2.75) is 31.0 Å². The van der Waals surface area contributed by atoms with Gasteiger partial charge in [0.1, 0.15) is 11.9 Å². The van der Waals surface area contributed by atoms with Crippen molar-refractivity contribution in [3.63, 3.8) is 0 Å². The Bertz CT molecular complexity index is 513. The summed E-state index contributed by atoms with van der Waals surface area (Å²) in [7, 11) is 0. The molecule has 19 heavy (non-hydrogen) atoms. The molecule has 0 fully saturated rings. The molecule has 1 aliphatic rings. The fraction of sp³-hybridized carbons (Fsp3) is 0.417. The van der Waals surface area contributed by atoms with Crippen molar-refractivity contribution in [1.82, 2.24) is 0 Å². The molecule has 0 spiro atoms. The van der Waals surface area contributed by atoms with Crippen LogP contribution in [0, 0.1) is 5.82 Å². The van der Waals surface area contributed by atoms with Gasteiger partial charge in [0.25, 0.3) is 0 Å². The van der Waals surface area contributed by atoms with Crippen molar-refractivity contribution < 1.29 is 22.4 Å². The molecule has 2 rings (SSSR count). The molecule has 0 aliphatic carbocycles. The zero-order valence-corrected chi connectivity index (χ0v) is 10.6. The molecule has 1 aromatic rings. The third-order valence-corrected chi connectivity index (χ3v) is 3.04. The summed E-state index contributed by atoms with van der Waals surface area (Å²) in [5, 5.41) is 3.33. The molecular weight excluding hydrogens is 286 g/mol. The van der Waals surface area contributed by atoms with Gasteiger partial charge in [0, 0.05) is 12.0 Å². The van der Waals surface area contributed by atoms with E-state index in [1.807, 2.05) is 0 Å². The minimum atomic E-state index is -4.60. The van der Waals surface area contributed by atoms with Crippen LogP contribution in [0.15, 0.2) is 23.4 Å².